The standard InChI is InChI=1S/C21H23ClN6O4/c1-4-20(31)28-9-18(27(12(2)30)8-14(28)10-29)13-5-16(26-19(22)6-13)15-7-17(21(32)23-3)25-11-24-15/h4-7,11,14,18,29H,1,8-10H2,2-3H3,(H,23,32)/t14-,18+/m0/s1. The third-order valence-corrected chi connectivity index (χ3v) is 5.45. The number of nitrogens with zero attached hydrogens (tertiary/aromatic N) is 5. The van der Waals surface area contributed by atoms with Gasteiger partial charge in [-0.05, 0) is 29.8 Å². The second kappa shape index (κ2) is 9.84. The molecular formula is C21H23ClN6O4. The van der Waals surface area contributed by atoms with Gasteiger partial charge in [0, 0.05) is 27.1 Å². The first kappa shape index (κ1) is 23.3. The summed E-state index contributed by atoms with van der Waals surface area (Å²) < 4.78 is 0. The molecule has 1 fully saturated rings. The molecule has 2 atom stereocenters. The molecule has 3 amide bonds. The van der Waals surface area contributed by atoms with Crippen LogP contribution in [0.5, 0.6) is 0 Å². The minimum Gasteiger partial charge on any atom is -0.394 e. The third kappa shape index (κ3) is 4.76. The largest absolute Gasteiger partial charge is 0.394 e. The van der Waals surface area contributed by atoms with Crippen LogP contribution in [0.3, 0.4) is 0 Å². The highest BCUT2D eigenvalue weighted by Gasteiger charge is 2.37. The summed E-state index contributed by atoms with van der Waals surface area (Å²) in [7, 11) is 1.50. The number of pyridine rings is 1. The van der Waals surface area contributed by atoms with Crippen molar-refractivity contribution in [3.8, 4) is 11.4 Å². The van der Waals surface area contributed by atoms with Crippen LogP contribution in [-0.4, -0.2) is 80.4 Å². The Labute approximate surface area is 189 Å². The molecule has 0 aromatic carbocycles. The highest BCUT2D eigenvalue weighted by atomic mass is 35.5. The first-order valence-electron chi connectivity index (χ1n) is 9.82. The van der Waals surface area contributed by atoms with E-state index in [0.717, 1.165) is 0 Å². The fourth-order valence-corrected chi connectivity index (χ4v) is 3.87. The van der Waals surface area contributed by atoms with E-state index in [1.807, 2.05) is 0 Å². The Bertz CT molecular complexity index is 1060. The smallest absolute Gasteiger partial charge is 0.269 e. The molecule has 3 heterocycles. The molecule has 1 aliphatic heterocycles. The minimum atomic E-state index is -0.547. The molecule has 0 unspecified atom stereocenters. The predicted molar refractivity (Wildman–Crippen MR) is 117 cm³/mol. The fourth-order valence-electron chi connectivity index (χ4n) is 3.65. The maximum Gasteiger partial charge on any atom is 0.269 e. The Morgan fingerprint density at radius 3 is 2.59 bits per heavy atom. The predicted octanol–water partition coefficient (Wildman–Crippen LogP) is 0.830. The number of nitrogens with one attached hydrogen (secondary N) is 1. The topological polar surface area (TPSA) is 129 Å². The first-order chi connectivity index (χ1) is 15.3. The van der Waals surface area contributed by atoms with Crippen molar-refractivity contribution in [2.75, 3.05) is 26.7 Å². The van der Waals surface area contributed by atoms with Crippen molar-refractivity contribution < 1.29 is 19.5 Å². The Hall–Kier alpha value is -3.37. The number of halogens is 1. The number of hydrogen-bond donors (Lipinski definition) is 2. The van der Waals surface area contributed by atoms with Gasteiger partial charge in [0.15, 0.2) is 0 Å². The summed E-state index contributed by atoms with van der Waals surface area (Å²) in [6.45, 7) is 4.95. The number of piperazine rings is 1. The Morgan fingerprint density at radius 1 is 1.22 bits per heavy atom. The van der Waals surface area contributed by atoms with Crippen molar-refractivity contribution >= 4 is 29.3 Å². The van der Waals surface area contributed by atoms with Crippen LogP contribution in [0.15, 0.2) is 37.2 Å². The Kier molecular flexibility index (Phi) is 7.16. The molecule has 0 bridgehead atoms. The molecule has 0 saturated carbocycles. The number of rotatable bonds is 5. The quantitative estimate of drug-likeness (QED) is 0.501. The number of aliphatic hydroxyl groups excluding tert-OH is 1. The van der Waals surface area contributed by atoms with Crippen LogP contribution in [0.2, 0.25) is 5.15 Å². The van der Waals surface area contributed by atoms with Crippen LogP contribution >= 0.6 is 11.6 Å². The SMILES string of the molecule is C=CC(=O)N1C[C@H](c2cc(Cl)nc(-c3cc(C(=O)NC)ncn3)c2)N(C(C)=O)C[C@H]1CO. The summed E-state index contributed by atoms with van der Waals surface area (Å²) in [4.78, 5) is 52.2. The molecule has 168 valence electrons. The van der Waals surface area contributed by atoms with E-state index in [1.165, 1.54) is 37.3 Å². The van der Waals surface area contributed by atoms with Gasteiger partial charge in [0.1, 0.15) is 17.2 Å². The van der Waals surface area contributed by atoms with Gasteiger partial charge < -0.3 is 20.2 Å². The number of aliphatic hydroxyl groups is 1. The van der Waals surface area contributed by atoms with Crippen molar-refractivity contribution in [1.29, 1.82) is 0 Å². The molecule has 32 heavy (non-hydrogen) atoms. The van der Waals surface area contributed by atoms with Gasteiger partial charge in [0.25, 0.3) is 5.91 Å². The van der Waals surface area contributed by atoms with Gasteiger partial charge in [0.2, 0.25) is 11.8 Å². The van der Waals surface area contributed by atoms with Crippen LogP contribution in [0, 0.1) is 0 Å². The zero-order valence-corrected chi connectivity index (χ0v) is 18.4. The number of carbonyl (C=O) groups excluding carboxylic acids is 3. The average molecular weight is 459 g/mol. The summed E-state index contributed by atoms with van der Waals surface area (Å²) in [6, 6.07) is 3.73. The van der Waals surface area contributed by atoms with Gasteiger partial charge in [0.05, 0.1) is 30.1 Å². The van der Waals surface area contributed by atoms with Gasteiger partial charge in [-0.1, -0.05) is 18.2 Å². The zero-order valence-electron chi connectivity index (χ0n) is 17.7. The molecule has 0 radical (unpaired) electrons. The number of aromatic nitrogens is 3. The highest BCUT2D eigenvalue weighted by molar-refractivity contribution is 6.29. The van der Waals surface area contributed by atoms with Crippen molar-refractivity contribution in [1.82, 2.24) is 30.1 Å². The molecule has 1 saturated heterocycles. The second-order valence-corrected chi connectivity index (χ2v) is 7.58. The summed E-state index contributed by atoms with van der Waals surface area (Å²) >= 11 is 6.28. The molecule has 2 aromatic heterocycles. The summed E-state index contributed by atoms with van der Waals surface area (Å²) in [5.74, 6) is -0.930. The van der Waals surface area contributed by atoms with Gasteiger partial charge in [-0.2, -0.15) is 0 Å². The number of carbonyl (C=O) groups is 3. The van der Waals surface area contributed by atoms with Crippen LogP contribution < -0.4 is 5.32 Å². The Morgan fingerprint density at radius 2 is 1.97 bits per heavy atom. The lowest BCUT2D eigenvalue weighted by molar-refractivity contribution is -0.144. The molecule has 3 rings (SSSR count). The van der Waals surface area contributed by atoms with Crippen molar-refractivity contribution in [3.05, 3.63) is 53.6 Å². The fraction of sp³-hybridized carbons (Fsp3) is 0.333. The van der Waals surface area contributed by atoms with E-state index in [9.17, 15) is 19.5 Å². The van der Waals surface area contributed by atoms with Gasteiger partial charge in [-0.25, -0.2) is 15.0 Å². The number of hydrogen-bond acceptors (Lipinski definition) is 7. The van der Waals surface area contributed by atoms with E-state index in [1.54, 1.807) is 17.0 Å². The lowest BCUT2D eigenvalue weighted by atomic mass is 9.98. The minimum absolute atomic E-state index is 0.142. The lowest BCUT2D eigenvalue weighted by Gasteiger charge is -2.45. The molecule has 2 aromatic rings. The van der Waals surface area contributed by atoms with Gasteiger partial charge in [-0.15, -0.1) is 0 Å². The van der Waals surface area contributed by atoms with Crippen LogP contribution in [-0.2, 0) is 9.59 Å². The molecular weight excluding hydrogens is 436 g/mol. The lowest BCUT2D eigenvalue weighted by Crippen LogP contribution is -2.58. The monoisotopic (exact) mass is 458 g/mol. The van der Waals surface area contributed by atoms with E-state index >= 15 is 0 Å². The molecule has 2 N–H and O–H groups in total. The third-order valence-electron chi connectivity index (χ3n) is 5.26. The second-order valence-electron chi connectivity index (χ2n) is 7.19. The van der Waals surface area contributed by atoms with E-state index < -0.39 is 12.1 Å². The van der Waals surface area contributed by atoms with Gasteiger partial charge in [-0.3, -0.25) is 14.4 Å². The Balaban J connectivity index is 2.05. The van der Waals surface area contributed by atoms with Crippen molar-refractivity contribution in [3.63, 3.8) is 0 Å². The van der Waals surface area contributed by atoms with E-state index in [-0.39, 0.29) is 48.3 Å². The van der Waals surface area contributed by atoms with Crippen LogP contribution in [0.1, 0.15) is 29.0 Å². The maximum atomic E-state index is 12.4. The zero-order chi connectivity index (χ0) is 23.4. The van der Waals surface area contributed by atoms with Crippen LogP contribution in [0.4, 0.5) is 0 Å². The van der Waals surface area contributed by atoms with E-state index in [4.69, 9.17) is 11.6 Å². The summed E-state index contributed by atoms with van der Waals surface area (Å²) in [5, 5.41) is 12.4. The molecule has 0 aliphatic carbocycles. The normalized spacial score (nSPS) is 18.2. The van der Waals surface area contributed by atoms with E-state index in [2.05, 4.69) is 26.8 Å². The molecule has 11 heteroatoms. The highest BCUT2D eigenvalue weighted by Crippen LogP contribution is 2.32. The van der Waals surface area contributed by atoms with Gasteiger partial charge >= 0.3 is 0 Å². The summed E-state index contributed by atoms with van der Waals surface area (Å²) in [5.41, 5.74) is 1.56. The summed E-state index contributed by atoms with van der Waals surface area (Å²) in [6.07, 6.45) is 2.43. The number of amides is 3. The maximum absolute atomic E-state index is 12.4. The molecule has 10 nitrogen and oxygen atoms in total. The average Bonchev–Trinajstić information content (AvgIpc) is 2.81. The van der Waals surface area contributed by atoms with E-state index in [0.29, 0.717) is 17.0 Å². The first-order valence-corrected chi connectivity index (χ1v) is 10.2. The van der Waals surface area contributed by atoms with Crippen molar-refractivity contribution in [2.24, 2.45) is 0 Å². The van der Waals surface area contributed by atoms with Crippen molar-refractivity contribution in [2.45, 2.75) is 19.0 Å². The molecule has 1 aliphatic rings. The molecule has 0 spiro atoms. The van der Waals surface area contributed by atoms with Crippen LogP contribution in [0.25, 0.3) is 11.4 Å².